The van der Waals surface area contributed by atoms with Crippen LogP contribution in [0.4, 0.5) is 0 Å². The average Bonchev–Trinajstić information content (AvgIpc) is 2.81. The van der Waals surface area contributed by atoms with E-state index in [0.717, 1.165) is 12.8 Å². The molecule has 0 saturated heterocycles. The Morgan fingerprint density at radius 1 is 0.778 bits per heavy atom. The highest BCUT2D eigenvalue weighted by Gasteiger charge is 2.61. The Hall–Kier alpha value is -0.420. The van der Waals surface area contributed by atoms with Crippen molar-refractivity contribution in [3.8, 4) is 0 Å². The van der Waals surface area contributed by atoms with Crippen molar-refractivity contribution in [3.05, 3.63) is 22.6 Å². The third-order valence-electron chi connectivity index (χ3n) is 5.55. The summed E-state index contributed by atoms with van der Waals surface area (Å²) in [5.74, 6) is 1.97. The topological polar surface area (TPSA) is 46.1 Å². The number of nitrogens with zero attached hydrogens (tertiary/aromatic N) is 2. The molecule has 0 aromatic rings. The maximum atomic E-state index is 12.4. The Bertz CT molecular complexity index is 346. The van der Waals surface area contributed by atoms with Crippen molar-refractivity contribution in [1.29, 1.82) is 0 Å². The fourth-order valence-electron chi connectivity index (χ4n) is 4.88. The molecule has 2 fully saturated rings. The highest BCUT2D eigenvalue weighted by molar-refractivity contribution is 5.19. The van der Waals surface area contributed by atoms with Gasteiger partial charge in [-0.2, -0.15) is 0 Å². The van der Waals surface area contributed by atoms with Gasteiger partial charge in [0.1, 0.15) is 0 Å². The molecule has 4 heteroatoms. The minimum Gasteiger partial charge on any atom is -0.633 e. The van der Waals surface area contributed by atoms with E-state index in [0.29, 0.717) is 23.7 Å². The fraction of sp³-hybridized carbons (Fsp3) is 0.857. The standard InChI is InChI=1S/C14H24N2O2/c1-15(2,17)11-7-9-5-6-10-8-12(16(3,4)18)14(11)13(9)10/h5-6,9-14H,7-8H2,1-4H3/t9-,10+,11-,12+,13?,14?. The molecule has 4 nitrogen and oxygen atoms in total. The summed E-state index contributed by atoms with van der Waals surface area (Å²) in [5.41, 5.74) is 0. The average molecular weight is 252 g/mol. The summed E-state index contributed by atoms with van der Waals surface area (Å²) < 4.78 is -0.483. The zero-order chi connectivity index (χ0) is 13.3. The number of allylic oxidation sites excluding steroid dienone is 2. The molecule has 0 amide bonds. The zero-order valence-corrected chi connectivity index (χ0v) is 11.7. The predicted molar refractivity (Wildman–Crippen MR) is 70.9 cm³/mol. The second kappa shape index (κ2) is 3.57. The second-order valence-electron chi connectivity index (χ2n) is 7.34. The van der Waals surface area contributed by atoms with Crippen molar-refractivity contribution >= 4 is 0 Å². The minimum atomic E-state index is -0.241. The summed E-state index contributed by atoms with van der Waals surface area (Å²) in [6.45, 7) is 0. The Labute approximate surface area is 109 Å². The zero-order valence-electron chi connectivity index (χ0n) is 11.7. The van der Waals surface area contributed by atoms with Crippen LogP contribution in [0.1, 0.15) is 12.8 Å². The van der Waals surface area contributed by atoms with Gasteiger partial charge in [0.05, 0.1) is 46.2 Å². The summed E-state index contributed by atoms with van der Waals surface area (Å²) in [4.78, 5) is 0. The molecule has 6 atom stereocenters. The van der Waals surface area contributed by atoms with E-state index >= 15 is 0 Å². The van der Waals surface area contributed by atoms with E-state index in [1.54, 1.807) is 28.2 Å². The van der Waals surface area contributed by atoms with Crippen molar-refractivity contribution in [2.45, 2.75) is 24.9 Å². The van der Waals surface area contributed by atoms with Gasteiger partial charge in [-0.25, -0.2) is 0 Å². The quantitative estimate of drug-likeness (QED) is 0.427. The molecule has 2 unspecified atom stereocenters. The van der Waals surface area contributed by atoms with Crippen LogP contribution in [-0.4, -0.2) is 49.6 Å². The molecule has 0 heterocycles. The highest BCUT2D eigenvalue weighted by Crippen LogP contribution is 2.58. The molecule has 0 aromatic carbocycles. The fourth-order valence-corrected chi connectivity index (χ4v) is 4.88. The lowest BCUT2D eigenvalue weighted by molar-refractivity contribution is -0.896. The number of rotatable bonds is 2. The SMILES string of the molecule is C[N+](C)([O-])[C@@H]1C[C@H]2C=C[C@H]3C[C@H]([N+](C)(C)[O-])C1C23. The van der Waals surface area contributed by atoms with Gasteiger partial charge in [-0.3, -0.25) is 0 Å². The summed E-state index contributed by atoms with van der Waals surface area (Å²) in [5, 5.41) is 24.8. The molecule has 0 aliphatic heterocycles. The Balaban J connectivity index is 1.97. The Morgan fingerprint density at radius 3 is 1.50 bits per heavy atom. The predicted octanol–water partition coefficient (Wildman–Crippen LogP) is 1.71. The van der Waals surface area contributed by atoms with Crippen LogP contribution in [-0.2, 0) is 0 Å². The third-order valence-corrected chi connectivity index (χ3v) is 5.55. The van der Waals surface area contributed by atoms with E-state index in [1.807, 2.05) is 0 Å². The van der Waals surface area contributed by atoms with Gasteiger partial charge in [-0.05, 0) is 17.8 Å². The van der Waals surface area contributed by atoms with Crippen molar-refractivity contribution in [2.75, 3.05) is 28.2 Å². The van der Waals surface area contributed by atoms with Crippen LogP contribution in [0.2, 0.25) is 0 Å². The summed E-state index contributed by atoms with van der Waals surface area (Å²) >= 11 is 0. The van der Waals surface area contributed by atoms with Gasteiger partial charge < -0.3 is 19.7 Å². The summed E-state index contributed by atoms with van der Waals surface area (Å²) in [6.07, 6.45) is 6.54. The van der Waals surface area contributed by atoms with Gasteiger partial charge in [0, 0.05) is 12.8 Å². The van der Waals surface area contributed by atoms with E-state index in [-0.39, 0.29) is 21.4 Å². The number of hydrogen-bond acceptors (Lipinski definition) is 2. The first kappa shape index (κ1) is 12.6. The Kier molecular flexibility index (Phi) is 2.50. The first-order valence-corrected chi connectivity index (χ1v) is 6.97. The molecule has 0 bridgehead atoms. The maximum absolute atomic E-state index is 12.4. The van der Waals surface area contributed by atoms with Crippen LogP contribution in [0, 0.1) is 34.1 Å². The monoisotopic (exact) mass is 252 g/mol. The smallest absolute Gasteiger partial charge is 0.0978 e. The van der Waals surface area contributed by atoms with E-state index in [4.69, 9.17) is 0 Å². The number of hydroxylamine groups is 6. The molecular weight excluding hydrogens is 228 g/mol. The molecule has 2 saturated carbocycles. The molecule has 0 spiro atoms. The van der Waals surface area contributed by atoms with Crippen LogP contribution >= 0.6 is 0 Å². The molecular formula is C14H24N2O2. The largest absolute Gasteiger partial charge is 0.633 e. The van der Waals surface area contributed by atoms with E-state index in [9.17, 15) is 10.4 Å². The van der Waals surface area contributed by atoms with E-state index in [1.165, 1.54) is 0 Å². The molecule has 3 aliphatic rings. The van der Waals surface area contributed by atoms with Crippen molar-refractivity contribution < 1.29 is 9.29 Å². The van der Waals surface area contributed by atoms with Crippen LogP contribution in [0.5, 0.6) is 0 Å². The lowest BCUT2D eigenvalue weighted by atomic mass is 9.89. The highest BCUT2D eigenvalue weighted by atomic mass is 16.5. The van der Waals surface area contributed by atoms with E-state index in [2.05, 4.69) is 12.2 Å². The molecule has 0 N–H and O–H groups in total. The van der Waals surface area contributed by atoms with Crippen molar-refractivity contribution in [2.24, 2.45) is 23.7 Å². The lowest BCUT2D eigenvalue weighted by Crippen LogP contribution is -2.54. The van der Waals surface area contributed by atoms with Crippen molar-refractivity contribution in [1.82, 2.24) is 0 Å². The van der Waals surface area contributed by atoms with Gasteiger partial charge in [-0.15, -0.1) is 0 Å². The molecule has 3 rings (SSSR count). The molecule has 0 aromatic heterocycles. The molecule has 3 aliphatic carbocycles. The van der Waals surface area contributed by atoms with Gasteiger partial charge in [0.2, 0.25) is 0 Å². The number of hydrogen-bond donors (Lipinski definition) is 0. The molecule has 18 heavy (non-hydrogen) atoms. The second-order valence-corrected chi connectivity index (χ2v) is 7.34. The van der Waals surface area contributed by atoms with Gasteiger partial charge in [-0.1, -0.05) is 12.2 Å². The maximum Gasteiger partial charge on any atom is 0.0978 e. The number of quaternary nitrogens is 2. The first-order chi connectivity index (χ1) is 8.19. The van der Waals surface area contributed by atoms with Crippen LogP contribution < -0.4 is 0 Å². The van der Waals surface area contributed by atoms with Crippen LogP contribution in [0.15, 0.2) is 12.2 Å². The normalized spacial score (nSPS) is 46.8. The Morgan fingerprint density at radius 2 is 1.17 bits per heavy atom. The minimum absolute atomic E-state index is 0.103. The van der Waals surface area contributed by atoms with Crippen LogP contribution in [0.3, 0.4) is 0 Å². The third kappa shape index (κ3) is 1.67. The van der Waals surface area contributed by atoms with E-state index < -0.39 is 0 Å². The lowest BCUT2D eigenvalue weighted by Gasteiger charge is -2.48. The first-order valence-electron chi connectivity index (χ1n) is 6.97. The summed E-state index contributed by atoms with van der Waals surface area (Å²) in [7, 11) is 6.96. The van der Waals surface area contributed by atoms with Gasteiger partial charge in [0.15, 0.2) is 0 Å². The molecule has 0 radical (unpaired) electrons. The van der Waals surface area contributed by atoms with Crippen LogP contribution in [0.25, 0.3) is 0 Å². The van der Waals surface area contributed by atoms with Gasteiger partial charge >= 0.3 is 0 Å². The van der Waals surface area contributed by atoms with Gasteiger partial charge in [0.25, 0.3) is 0 Å². The summed E-state index contributed by atoms with van der Waals surface area (Å²) in [6, 6.07) is 0.206. The van der Waals surface area contributed by atoms with Crippen molar-refractivity contribution in [3.63, 3.8) is 0 Å². The molecule has 102 valence electrons.